The molecule has 0 spiro atoms. The van der Waals surface area contributed by atoms with Gasteiger partial charge in [-0.2, -0.15) is 0 Å². The lowest BCUT2D eigenvalue weighted by atomic mass is 9.93. The molecule has 0 radical (unpaired) electrons. The standard InChI is InChI=1S/C13H22N2O3/c1-9-7-11(9)14-13(18)15-6-2-3-10(8-15)4-5-12(16)17/h9-11H,2-8H2,1H3,(H,14,18)(H,16,17). The van der Waals surface area contributed by atoms with Gasteiger partial charge in [0.05, 0.1) is 0 Å². The third-order valence-corrected chi connectivity index (χ3v) is 3.99. The van der Waals surface area contributed by atoms with Gasteiger partial charge in [-0.1, -0.05) is 6.92 Å². The van der Waals surface area contributed by atoms with E-state index in [0.29, 0.717) is 30.8 Å². The molecule has 2 rings (SSSR count). The smallest absolute Gasteiger partial charge is 0.317 e. The maximum Gasteiger partial charge on any atom is 0.317 e. The average Bonchev–Trinajstić information content (AvgIpc) is 3.02. The summed E-state index contributed by atoms with van der Waals surface area (Å²) in [4.78, 5) is 24.4. The Kier molecular flexibility index (Phi) is 4.09. The molecule has 3 unspecified atom stereocenters. The van der Waals surface area contributed by atoms with Crippen molar-refractivity contribution in [1.82, 2.24) is 10.2 Å². The lowest BCUT2D eigenvalue weighted by Gasteiger charge is -2.32. The minimum Gasteiger partial charge on any atom is -0.481 e. The molecule has 18 heavy (non-hydrogen) atoms. The van der Waals surface area contributed by atoms with Crippen molar-refractivity contribution in [2.24, 2.45) is 11.8 Å². The Labute approximate surface area is 108 Å². The Morgan fingerprint density at radius 3 is 2.78 bits per heavy atom. The van der Waals surface area contributed by atoms with Crippen LogP contribution in [0.3, 0.4) is 0 Å². The largest absolute Gasteiger partial charge is 0.481 e. The van der Waals surface area contributed by atoms with Gasteiger partial charge in [0.15, 0.2) is 0 Å². The van der Waals surface area contributed by atoms with Gasteiger partial charge in [0.1, 0.15) is 0 Å². The highest BCUT2D eigenvalue weighted by Crippen LogP contribution is 2.29. The SMILES string of the molecule is CC1CC1NC(=O)N1CCCC(CCC(=O)O)C1. The van der Waals surface area contributed by atoms with Crippen LogP contribution in [0, 0.1) is 11.8 Å². The average molecular weight is 254 g/mol. The molecular formula is C13H22N2O3. The van der Waals surface area contributed by atoms with Crippen molar-refractivity contribution >= 4 is 12.0 Å². The van der Waals surface area contributed by atoms with Gasteiger partial charge in [-0.3, -0.25) is 4.79 Å². The van der Waals surface area contributed by atoms with Crippen LogP contribution in [-0.2, 0) is 4.79 Å². The van der Waals surface area contributed by atoms with Crippen LogP contribution < -0.4 is 5.32 Å². The summed E-state index contributed by atoms with van der Waals surface area (Å²) in [6.45, 7) is 3.65. The Hall–Kier alpha value is -1.26. The van der Waals surface area contributed by atoms with Crippen molar-refractivity contribution in [3.63, 3.8) is 0 Å². The van der Waals surface area contributed by atoms with Crippen LogP contribution in [0.1, 0.15) is 39.0 Å². The highest BCUT2D eigenvalue weighted by molar-refractivity contribution is 5.75. The minimum atomic E-state index is -0.747. The number of hydrogen-bond acceptors (Lipinski definition) is 2. The fourth-order valence-electron chi connectivity index (χ4n) is 2.59. The van der Waals surface area contributed by atoms with E-state index in [9.17, 15) is 9.59 Å². The summed E-state index contributed by atoms with van der Waals surface area (Å²) in [5, 5.41) is 11.7. The third kappa shape index (κ3) is 3.62. The van der Waals surface area contributed by atoms with Crippen LogP contribution in [-0.4, -0.2) is 41.1 Å². The summed E-state index contributed by atoms with van der Waals surface area (Å²) < 4.78 is 0. The molecule has 0 bridgehead atoms. The molecule has 3 atom stereocenters. The normalized spacial score (nSPS) is 30.9. The number of carbonyl (C=O) groups is 2. The summed E-state index contributed by atoms with van der Waals surface area (Å²) in [6.07, 6.45) is 4.00. The van der Waals surface area contributed by atoms with E-state index >= 15 is 0 Å². The molecule has 1 heterocycles. The molecule has 0 aromatic heterocycles. The molecule has 0 aromatic rings. The second kappa shape index (κ2) is 5.59. The highest BCUT2D eigenvalue weighted by Gasteiger charge is 2.35. The van der Waals surface area contributed by atoms with Crippen molar-refractivity contribution in [3.05, 3.63) is 0 Å². The van der Waals surface area contributed by atoms with E-state index in [1.54, 1.807) is 0 Å². The van der Waals surface area contributed by atoms with Gasteiger partial charge in [0.2, 0.25) is 0 Å². The second-order valence-electron chi connectivity index (χ2n) is 5.66. The van der Waals surface area contributed by atoms with Crippen LogP contribution >= 0.6 is 0 Å². The zero-order chi connectivity index (χ0) is 13.1. The Balaban J connectivity index is 1.75. The van der Waals surface area contributed by atoms with Crippen molar-refractivity contribution < 1.29 is 14.7 Å². The lowest BCUT2D eigenvalue weighted by molar-refractivity contribution is -0.137. The number of hydrogen-bond donors (Lipinski definition) is 2. The molecule has 1 aliphatic heterocycles. The first-order chi connectivity index (χ1) is 8.56. The Morgan fingerprint density at radius 1 is 1.44 bits per heavy atom. The number of aliphatic carboxylic acids is 1. The molecule has 2 N–H and O–H groups in total. The molecule has 5 heteroatoms. The van der Waals surface area contributed by atoms with Crippen LogP contribution in [0.5, 0.6) is 0 Å². The maximum atomic E-state index is 12.0. The van der Waals surface area contributed by atoms with E-state index < -0.39 is 5.97 Å². The molecule has 2 aliphatic rings. The molecule has 5 nitrogen and oxygen atoms in total. The lowest BCUT2D eigenvalue weighted by Crippen LogP contribution is -2.46. The number of urea groups is 1. The molecule has 2 amide bonds. The van der Waals surface area contributed by atoms with Gasteiger partial charge < -0.3 is 15.3 Å². The number of likely N-dealkylation sites (tertiary alicyclic amines) is 1. The monoisotopic (exact) mass is 254 g/mol. The zero-order valence-electron chi connectivity index (χ0n) is 10.9. The summed E-state index contributed by atoms with van der Waals surface area (Å²) in [5.74, 6) is 0.210. The van der Waals surface area contributed by atoms with Gasteiger partial charge in [-0.05, 0) is 37.5 Å². The molecule has 2 fully saturated rings. The highest BCUT2D eigenvalue weighted by atomic mass is 16.4. The Bertz CT molecular complexity index is 332. The molecule has 1 aliphatic carbocycles. The molecular weight excluding hydrogens is 232 g/mol. The first kappa shape index (κ1) is 13.2. The number of rotatable bonds is 4. The van der Waals surface area contributed by atoms with Crippen molar-refractivity contribution in [2.45, 2.75) is 45.1 Å². The summed E-state index contributed by atoms with van der Waals surface area (Å²) in [6, 6.07) is 0.390. The van der Waals surface area contributed by atoms with Gasteiger partial charge in [-0.25, -0.2) is 4.79 Å². The van der Waals surface area contributed by atoms with Crippen molar-refractivity contribution in [2.75, 3.05) is 13.1 Å². The minimum absolute atomic E-state index is 0.0318. The zero-order valence-corrected chi connectivity index (χ0v) is 10.9. The predicted octanol–water partition coefficient (Wildman–Crippen LogP) is 1.68. The maximum absolute atomic E-state index is 12.0. The van der Waals surface area contributed by atoms with E-state index in [1.165, 1.54) is 0 Å². The molecule has 1 saturated carbocycles. The molecule has 102 valence electrons. The fraction of sp³-hybridized carbons (Fsp3) is 0.846. The van der Waals surface area contributed by atoms with Gasteiger partial charge in [-0.15, -0.1) is 0 Å². The van der Waals surface area contributed by atoms with Crippen LogP contribution in [0.25, 0.3) is 0 Å². The third-order valence-electron chi connectivity index (χ3n) is 3.99. The van der Waals surface area contributed by atoms with Crippen LogP contribution in [0.2, 0.25) is 0 Å². The van der Waals surface area contributed by atoms with Crippen molar-refractivity contribution in [3.8, 4) is 0 Å². The number of nitrogens with one attached hydrogen (secondary N) is 1. The molecule has 0 aromatic carbocycles. The number of amides is 2. The van der Waals surface area contributed by atoms with E-state index in [2.05, 4.69) is 12.2 Å². The Morgan fingerprint density at radius 2 is 2.17 bits per heavy atom. The van der Waals surface area contributed by atoms with E-state index in [-0.39, 0.29) is 12.5 Å². The summed E-state index contributed by atoms with van der Waals surface area (Å²) >= 11 is 0. The number of carbonyl (C=O) groups excluding carboxylic acids is 1. The number of piperidine rings is 1. The van der Waals surface area contributed by atoms with Crippen LogP contribution in [0.4, 0.5) is 4.79 Å². The predicted molar refractivity (Wildman–Crippen MR) is 67.3 cm³/mol. The summed E-state index contributed by atoms with van der Waals surface area (Å²) in [5.41, 5.74) is 0. The van der Waals surface area contributed by atoms with Crippen molar-refractivity contribution in [1.29, 1.82) is 0 Å². The number of carboxylic acids is 1. The molecule has 1 saturated heterocycles. The first-order valence-corrected chi connectivity index (χ1v) is 6.83. The van der Waals surface area contributed by atoms with Gasteiger partial charge >= 0.3 is 12.0 Å². The van der Waals surface area contributed by atoms with E-state index in [1.807, 2.05) is 4.90 Å². The number of carboxylic acid groups (broad SMARTS) is 1. The quantitative estimate of drug-likeness (QED) is 0.802. The van der Waals surface area contributed by atoms with Gasteiger partial charge in [0.25, 0.3) is 0 Å². The second-order valence-corrected chi connectivity index (χ2v) is 5.66. The van der Waals surface area contributed by atoms with E-state index in [0.717, 1.165) is 25.8 Å². The topological polar surface area (TPSA) is 69.6 Å². The first-order valence-electron chi connectivity index (χ1n) is 6.83. The van der Waals surface area contributed by atoms with E-state index in [4.69, 9.17) is 5.11 Å². The van der Waals surface area contributed by atoms with Crippen LogP contribution in [0.15, 0.2) is 0 Å². The summed E-state index contributed by atoms with van der Waals surface area (Å²) in [7, 11) is 0. The fourth-order valence-corrected chi connectivity index (χ4v) is 2.59. The number of nitrogens with zero attached hydrogens (tertiary/aromatic N) is 1. The van der Waals surface area contributed by atoms with Gasteiger partial charge in [0, 0.05) is 25.6 Å².